The minimum absolute atomic E-state index is 0.0832. The summed E-state index contributed by atoms with van der Waals surface area (Å²) >= 11 is 0. The first-order chi connectivity index (χ1) is 14.0. The Morgan fingerprint density at radius 2 is 1.80 bits per heavy atom. The first-order valence-electron chi connectivity index (χ1n) is 10.4. The van der Waals surface area contributed by atoms with Gasteiger partial charge in [0.25, 0.3) is 17.7 Å². The molecule has 1 saturated heterocycles. The normalized spacial score (nSPS) is 25.2. The monoisotopic (exact) mass is 414 g/mol. The number of nitrogens with one attached hydrogen (secondary N) is 3. The molecule has 0 bridgehead atoms. The van der Waals surface area contributed by atoms with E-state index in [9.17, 15) is 19.2 Å². The van der Waals surface area contributed by atoms with E-state index < -0.39 is 29.9 Å². The Morgan fingerprint density at radius 1 is 1.13 bits per heavy atom. The highest BCUT2D eigenvalue weighted by Crippen LogP contribution is 2.46. The first kappa shape index (κ1) is 21.8. The molecule has 0 radical (unpaired) electrons. The van der Waals surface area contributed by atoms with Crippen molar-refractivity contribution >= 4 is 23.8 Å². The van der Waals surface area contributed by atoms with Crippen LogP contribution in [0.25, 0.3) is 0 Å². The third kappa shape index (κ3) is 4.47. The van der Waals surface area contributed by atoms with Gasteiger partial charge in [0, 0.05) is 5.56 Å². The quantitative estimate of drug-likeness (QED) is 0.518. The Bertz CT molecular complexity index is 864. The van der Waals surface area contributed by atoms with Gasteiger partial charge >= 0.3 is 6.03 Å². The average Bonchev–Trinajstić information content (AvgIpc) is 2.87. The molecule has 1 heterocycles. The molecule has 2 atom stereocenters. The van der Waals surface area contributed by atoms with Gasteiger partial charge in [0.2, 0.25) is 0 Å². The summed E-state index contributed by atoms with van der Waals surface area (Å²) in [5.41, 5.74) is 5.07. The summed E-state index contributed by atoms with van der Waals surface area (Å²) in [6.45, 7) is 7.81. The number of carbonyl (C=O) groups excluding carboxylic acids is 4. The van der Waals surface area contributed by atoms with Gasteiger partial charge < -0.3 is 5.32 Å². The number of nitrogens with zero attached hydrogens (tertiary/aromatic N) is 1. The Labute approximate surface area is 176 Å². The fraction of sp³-hybridized carbons (Fsp3) is 0.545. The van der Waals surface area contributed by atoms with Crippen LogP contribution >= 0.6 is 0 Å². The van der Waals surface area contributed by atoms with Gasteiger partial charge in [0.05, 0.1) is 0 Å². The molecule has 1 saturated carbocycles. The van der Waals surface area contributed by atoms with Crippen LogP contribution in [-0.2, 0) is 16.0 Å². The van der Waals surface area contributed by atoms with E-state index in [4.69, 9.17) is 0 Å². The highest BCUT2D eigenvalue weighted by atomic mass is 16.2. The molecule has 162 valence electrons. The van der Waals surface area contributed by atoms with E-state index in [-0.39, 0.29) is 17.2 Å². The molecule has 3 rings (SSSR count). The smallest absolute Gasteiger partial charge is 0.323 e. The lowest BCUT2D eigenvalue weighted by Gasteiger charge is -2.43. The minimum atomic E-state index is -0.956. The molecule has 2 aliphatic rings. The zero-order chi connectivity index (χ0) is 22.1. The van der Waals surface area contributed by atoms with Crippen LogP contribution in [0.15, 0.2) is 24.3 Å². The number of urea groups is 1. The topological polar surface area (TPSA) is 108 Å². The Kier molecular flexibility index (Phi) is 5.87. The largest absolute Gasteiger partial charge is 0.325 e. The van der Waals surface area contributed by atoms with E-state index in [2.05, 4.69) is 36.9 Å². The first-order valence-corrected chi connectivity index (χ1v) is 10.4. The number of rotatable bonds is 4. The van der Waals surface area contributed by atoms with Crippen LogP contribution in [0.1, 0.15) is 62.9 Å². The maximum absolute atomic E-state index is 13.1. The molecule has 30 heavy (non-hydrogen) atoms. The van der Waals surface area contributed by atoms with Crippen LogP contribution in [0.2, 0.25) is 0 Å². The fourth-order valence-electron chi connectivity index (χ4n) is 4.92. The molecule has 8 nitrogen and oxygen atoms in total. The molecule has 1 aliphatic heterocycles. The van der Waals surface area contributed by atoms with Gasteiger partial charge in [-0.1, -0.05) is 39.8 Å². The van der Waals surface area contributed by atoms with Gasteiger partial charge in [-0.3, -0.25) is 30.1 Å². The van der Waals surface area contributed by atoms with Crippen LogP contribution in [0.5, 0.6) is 0 Å². The minimum Gasteiger partial charge on any atom is -0.323 e. The molecule has 1 aromatic rings. The van der Waals surface area contributed by atoms with Crippen LogP contribution in [-0.4, -0.2) is 40.7 Å². The lowest BCUT2D eigenvalue weighted by atomic mass is 9.64. The number of hydrazine groups is 1. The molecule has 2 fully saturated rings. The second kappa shape index (κ2) is 8.08. The molecule has 0 aromatic heterocycles. The molecular weight excluding hydrogens is 384 g/mol. The van der Waals surface area contributed by atoms with Gasteiger partial charge in [-0.05, 0) is 54.7 Å². The third-order valence-electron chi connectivity index (χ3n) is 5.87. The van der Waals surface area contributed by atoms with Crippen molar-refractivity contribution in [2.24, 2.45) is 11.3 Å². The van der Waals surface area contributed by atoms with Gasteiger partial charge in [-0.15, -0.1) is 0 Å². The van der Waals surface area contributed by atoms with E-state index in [0.29, 0.717) is 18.4 Å². The number of hydrogen-bond acceptors (Lipinski definition) is 4. The fourth-order valence-corrected chi connectivity index (χ4v) is 4.92. The predicted octanol–water partition coefficient (Wildman–Crippen LogP) is 2.15. The lowest BCUT2D eigenvalue weighted by Crippen LogP contribution is -2.54. The molecule has 1 aliphatic carbocycles. The van der Waals surface area contributed by atoms with Crippen LogP contribution in [0.3, 0.4) is 0 Å². The second-order valence-corrected chi connectivity index (χ2v) is 9.31. The summed E-state index contributed by atoms with van der Waals surface area (Å²) in [6.07, 6.45) is 2.94. The number of hydrogen-bond donors (Lipinski definition) is 3. The van der Waals surface area contributed by atoms with Gasteiger partial charge in [-0.25, -0.2) is 4.79 Å². The Balaban J connectivity index is 1.59. The number of aryl methyl sites for hydroxylation is 1. The molecule has 1 spiro atoms. The number of benzene rings is 1. The molecule has 2 unspecified atom stereocenters. The maximum atomic E-state index is 13.1. The average molecular weight is 415 g/mol. The zero-order valence-electron chi connectivity index (χ0n) is 18.0. The maximum Gasteiger partial charge on any atom is 0.325 e. The number of carbonyl (C=O) groups is 4. The van der Waals surface area contributed by atoms with Crippen LogP contribution in [0.4, 0.5) is 4.79 Å². The van der Waals surface area contributed by atoms with Crippen molar-refractivity contribution < 1.29 is 19.2 Å². The van der Waals surface area contributed by atoms with Crippen molar-refractivity contribution in [2.75, 3.05) is 6.54 Å². The lowest BCUT2D eigenvalue weighted by molar-refractivity contribution is -0.137. The van der Waals surface area contributed by atoms with E-state index in [1.165, 1.54) is 0 Å². The Hall–Kier alpha value is -2.90. The second-order valence-electron chi connectivity index (χ2n) is 9.31. The van der Waals surface area contributed by atoms with E-state index in [1.807, 2.05) is 19.1 Å². The number of amides is 5. The van der Waals surface area contributed by atoms with Crippen LogP contribution in [0, 0.1) is 11.3 Å². The van der Waals surface area contributed by atoms with E-state index in [0.717, 1.165) is 23.3 Å². The third-order valence-corrected chi connectivity index (χ3v) is 5.87. The predicted molar refractivity (Wildman–Crippen MR) is 111 cm³/mol. The SMILES string of the molecule is CCc1ccc(C(=O)NNC(=O)CN2C(=O)NC3(CC(C)CC(C)(C)C3)C2=O)cc1. The van der Waals surface area contributed by atoms with Crippen molar-refractivity contribution in [3.8, 4) is 0 Å². The highest BCUT2D eigenvalue weighted by Gasteiger charge is 2.56. The summed E-state index contributed by atoms with van der Waals surface area (Å²) in [5, 5.41) is 2.83. The summed E-state index contributed by atoms with van der Waals surface area (Å²) < 4.78 is 0. The van der Waals surface area contributed by atoms with Gasteiger partial charge in [0.1, 0.15) is 12.1 Å². The Morgan fingerprint density at radius 3 is 2.40 bits per heavy atom. The summed E-state index contributed by atoms with van der Waals surface area (Å²) in [7, 11) is 0. The van der Waals surface area contributed by atoms with Crippen molar-refractivity contribution in [2.45, 2.75) is 58.9 Å². The molecule has 8 heteroatoms. The van der Waals surface area contributed by atoms with Crippen LogP contribution < -0.4 is 16.2 Å². The molecule has 5 amide bonds. The van der Waals surface area contributed by atoms with Crippen molar-refractivity contribution in [3.05, 3.63) is 35.4 Å². The summed E-state index contributed by atoms with van der Waals surface area (Å²) in [6, 6.07) is 6.47. The van der Waals surface area contributed by atoms with Gasteiger partial charge in [0.15, 0.2) is 0 Å². The van der Waals surface area contributed by atoms with Crippen molar-refractivity contribution in [1.29, 1.82) is 0 Å². The van der Waals surface area contributed by atoms with Crippen molar-refractivity contribution in [1.82, 2.24) is 21.1 Å². The van der Waals surface area contributed by atoms with E-state index in [1.54, 1.807) is 12.1 Å². The number of imide groups is 1. The molecule has 1 aromatic carbocycles. The van der Waals surface area contributed by atoms with Gasteiger partial charge in [-0.2, -0.15) is 0 Å². The van der Waals surface area contributed by atoms with Crippen molar-refractivity contribution in [3.63, 3.8) is 0 Å². The summed E-state index contributed by atoms with van der Waals surface area (Å²) in [4.78, 5) is 50.9. The summed E-state index contributed by atoms with van der Waals surface area (Å²) in [5.74, 6) is -1.20. The zero-order valence-corrected chi connectivity index (χ0v) is 18.0. The standard InChI is InChI=1S/C22H30N4O4/c1-5-15-6-8-16(9-7-15)18(28)25-24-17(27)12-26-19(29)22(23-20(26)30)11-14(2)10-21(3,4)13-22/h6-9,14H,5,10-13H2,1-4H3,(H,23,30)(H,24,27)(H,25,28). The molecule has 3 N–H and O–H groups in total. The van der Waals surface area contributed by atoms with E-state index >= 15 is 0 Å². The molecular formula is C22H30N4O4. The highest BCUT2D eigenvalue weighted by molar-refractivity contribution is 6.09.